The lowest BCUT2D eigenvalue weighted by Crippen LogP contribution is -2.51. The second-order valence-corrected chi connectivity index (χ2v) is 10.2. The molecule has 1 aliphatic heterocycles. The first-order valence-corrected chi connectivity index (χ1v) is 11.1. The van der Waals surface area contributed by atoms with Crippen molar-refractivity contribution in [3.8, 4) is 11.8 Å². The number of oxime groups is 1. The Kier molecular flexibility index (Phi) is 5.96. The fourth-order valence-electron chi connectivity index (χ4n) is 3.27. The lowest BCUT2D eigenvalue weighted by atomic mass is 9.84. The summed E-state index contributed by atoms with van der Waals surface area (Å²) < 4.78 is 35.2. The van der Waals surface area contributed by atoms with Crippen LogP contribution in [0.25, 0.3) is 0 Å². The van der Waals surface area contributed by atoms with E-state index in [1.807, 2.05) is 24.3 Å². The molecule has 0 aromatic heterocycles. The van der Waals surface area contributed by atoms with Crippen molar-refractivity contribution in [1.82, 2.24) is 5.48 Å². The van der Waals surface area contributed by atoms with Gasteiger partial charge < -0.3 is 4.84 Å². The van der Waals surface area contributed by atoms with Crippen LogP contribution in [0.4, 0.5) is 4.39 Å². The van der Waals surface area contributed by atoms with E-state index in [1.165, 1.54) is 12.4 Å². The molecular formula is C20H23FN2O5S. The fraction of sp³-hybridized carbons (Fsp3) is 0.500. The Hall–Kier alpha value is -2.44. The summed E-state index contributed by atoms with van der Waals surface area (Å²) in [4.78, 5) is 17.3. The number of benzene rings is 1. The second kappa shape index (κ2) is 8.13. The number of carbonyl (C=O) groups is 1. The first-order chi connectivity index (χ1) is 13.6. The molecule has 1 aliphatic carbocycles. The predicted octanol–water partition coefficient (Wildman–Crippen LogP) is 1.98. The van der Waals surface area contributed by atoms with Crippen LogP contribution in [0.1, 0.15) is 43.7 Å². The topological polar surface area (TPSA) is 105 Å². The van der Waals surface area contributed by atoms with E-state index in [9.17, 15) is 17.6 Å². The van der Waals surface area contributed by atoms with Crippen molar-refractivity contribution in [1.29, 1.82) is 0 Å². The van der Waals surface area contributed by atoms with Gasteiger partial charge in [-0.2, -0.15) is 0 Å². The quantitative estimate of drug-likeness (QED) is 0.429. The molecule has 2 aliphatic rings. The largest absolute Gasteiger partial charge is 0.392 e. The van der Waals surface area contributed by atoms with Gasteiger partial charge in [-0.05, 0) is 37.5 Å². The highest BCUT2D eigenvalue weighted by Crippen LogP contribution is 2.30. The first-order valence-electron chi connectivity index (χ1n) is 9.25. The highest BCUT2D eigenvalue weighted by atomic mass is 32.2. The molecule has 7 nitrogen and oxygen atoms in total. The fourth-order valence-corrected chi connectivity index (χ4v) is 4.14. The molecule has 0 radical (unpaired) electrons. The second-order valence-electron chi connectivity index (χ2n) is 7.73. The van der Waals surface area contributed by atoms with Crippen molar-refractivity contribution in [2.75, 3.05) is 6.26 Å². The molecule has 0 saturated heterocycles. The monoisotopic (exact) mass is 422 g/mol. The van der Waals surface area contributed by atoms with Gasteiger partial charge in [-0.1, -0.05) is 29.1 Å². The number of sulfone groups is 1. The molecule has 2 N–H and O–H groups in total. The van der Waals surface area contributed by atoms with Gasteiger partial charge in [0.2, 0.25) is 0 Å². The summed E-state index contributed by atoms with van der Waals surface area (Å²) in [6.07, 6.45) is 0.783. The van der Waals surface area contributed by atoms with E-state index >= 15 is 0 Å². The Morgan fingerprint density at radius 2 is 2.03 bits per heavy atom. The molecule has 1 aromatic rings. The summed E-state index contributed by atoms with van der Waals surface area (Å²) in [6, 6.07) is 7.35. The zero-order chi connectivity index (χ0) is 21.2. The molecule has 1 saturated carbocycles. The number of amides is 1. The van der Waals surface area contributed by atoms with Crippen LogP contribution in [0.3, 0.4) is 0 Å². The third-order valence-electron chi connectivity index (χ3n) is 5.47. The van der Waals surface area contributed by atoms with Crippen LogP contribution in [-0.2, 0) is 19.5 Å². The zero-order valence-electron chi connectivity index (χ0n) is 16.2. The standard InChI is InChI=1S/C20H23FN2O5S/c1-20(19(24)22-25,29(2,26)27)12-17-11-18(23-28-17)15-7-5-13(6-8-15)3-4-14-9-16(21)10-14/h5-8,14,16-17,25H,9-12H2,1-2H3,(H,22,24)/t14?,16?,17-,20-/m1/s1. The summed E-state index contributed by atoms with van der Waals surface area (Å²) in [7, 11) is -3.81. The number of carbonyl (C=O) groups excluding carboxylic acids is 1. The Balaban J connectivity index is 1.63. The highest BCUT2D eigenvalue weighted by molar-refractivity contribution is 7.92. The first kappa shape index (κ1) is 21.3. The van der Waals surface area contributed by atoms with E-state index in [0.717, 1.165) is 17.4 Å². The normalized spacial score (nSPS) is 25.5. The third kappa shape index (κ3) is 4.60. The minimum absolute atomic E-state index is 0.123. The Bertz CT molecular complexity index is 974. The maximum absolute atomic E-state index is 12.8. The van der Waals surface area contributed by atoms with E-state index in [2.05, 4.69) is 17.0 Å². The minimum atomic E-state index is -3.81. The zero-order valence-corrected chi connectivity index (χ0v) is 17.0. The van der Waals surface area contributed by atoms with Crippen LogP contribution < -0.4 is 5.48 Å². The van der Waals surface area contributed by atoms with E-state index in [4.69, 9.17) is 10.0 Å². The van der Waals surface area contributed by atoms with Gasteiger partial charge in [-0.15, -0.1) is 0 Å². The summed E-state index contributed by atoms with van der Waals surface area (Å²) in [5, 5.41) is 12.9. The van der Waals surface area contributed by atoms with Crippen molar-refractivity contribution >= 4 is 21.5 Å². The summed E-state index contributed by atoms with van der Waals surface area (Å²) >= 11 is 0. The molecule has 1 heterocycles. The van der Waals surface area contributed by atoms with Crippen molar-refractivity contribution in [2.24, 2.45) is 11.1 Å². The van der Waals surface area contributed by atoms with Crippen molar-refractivity contribution in [3.63, 3.8) is 0 Å². The molecular weight excluding hydrogens is 399 g/mol. The number of hydroxylamine groups is 1. The van der Waals surface area contributed by atoms with Crippen molar-refractivity contribution < 1.29 is 27.6 Å². The molecule has 29 heavy (non-hydrogen) atoms. The SMILES string of the molecule is C[C@@](C[C@H]1CC(c2ccc(C#CC3CC(F)C3)cc2)=NO1)(C(=O)NO)S(C)(=O)=O. The van der Waals surface area contributed by atoms with E-state index in [-0.39, 0.29) is 12.3 Å². The van der Waals surface area contributed by atoms with E-state index < -0.39 is 32.8 Å². The highest BCUT2D eigenvalue weighted by Gasteiger charge is 2.47. The Morgan fingerprint density at radius 1 is 1.38 bits per heavy atom. The number of halogens is 1. The molecule has 9 heteroatoms. The van der Waals surface area contributed by atoms with Crippen LogP contribution in [-0.4, -0.2) is 48.5 Å². The lowest BCUT2D eigenvalue weighted by molar-refractivity contribution is -0.132. The van der Waals surface area contributed by atoms with E-state index in [0.29, 0.717) is 25.0 Å². The number of nitrogens with zero attached hydrogens (tertiary/aromatic N) is 1. The molecule has 1 amide bonds. The molecule has 1 fully saturated rings. The van der Waals surface area contributed by atoms with Crippen molar-refractivity contribution in [2.45, 2.75) is 49.6 Å². The third-order valence-corrected chi connectivity index (χ3v) is 7.46. The van der Waals surface area contributed by atoms with Gasteiger partial charge in [0.1, 0.15) is 12.3 Å². The molecule has 0 bridgehead atoms. The number of alkyl halides is 1. The molecule has 156 valence electrons. The Morgan fingerprint density at radius 3 is 2.59 bits per heavy atom. The smallest absolute Gasteiger partial charge is 0.264 e. The summed E-state index contributed by atoms with van der Waals surface area (Å²) in [5.74, 6) is 5.21. The van der Waals surface area contributed by atoms with Crippen LogP contribution in [0.15, 0.2) is 29.4 Å². The predicted molar refractivity (Wildman–Crippen MR) is 105 cm³/mol. The van der Waals surface area contributed by atoms with Crippen LogP contribution >= 0.6 is 0 Å². The number of hydrogen-bond acceptors (Lipinski definition) is 6. The lowest BCUT2D eigenvalue weighted by Gasteiger charge is -2.26. The molecule has 3 rings (SSSR count). The molecule has 0 spiro atoms. The Labute approximate surface area is 169 Å². The van der Waals surface area contributed by atoms with Crippen LogP contribution in [0, 0.1) is 17.8 Å². The summed E-state index contributed by atoms with van der Waals surface area (Å²) in [6.45, 7) is 1.25. The van der Waals surface area contributed by atoms with Gasteiger partial charge in [0, 0.05) is 30.6 Å². The van der Waals surface area contributed by atoms with Gasteiger partial charge in [-0.25, -0.2) is 18.3 Å². The molecule has 1 aromatic carbocycles. The average molecular weight is 422 g/mol. The average Bonchev–Trinajstić information content (AvgIpc) is 3.11. The molecule has 2 atom stereocenters. The van der Waals surface area contributed by atoms with Gasteiger partial charge in [0.05, 0.1) is 5.71 Å². The van der Waals surface area contributed by atoms with Gasteiger partial charge in [0.15, 0.2) is 14.6 Å². The number of nitrogens with one attached hydrogen (secondary N) is 1. The maximum Gasteiger partial charge on any atom is 0.264 e. The van der Waals surface area contributed by atoms with Crippen molar-refractivity contribution in [3.05, 3.63) is 35.4 Å². The van der Waals surface area contributed by atoms with Gasteiger partial charge >= 0.3 is 0 Å². The van der Waals surface area contributed by atoms with E-state index in [1.54, 1.807) is 0 Å². The minimum Gasteiger partial charge on any atom is -0.392 e. The number of hydrogen-bond donors (Lipinski definition) is 2. The van der Waals surface area contributed by atoms with Gasteiger partial charge in [0.25, 0.3) is 5.91 Å². The number of rotatable bonds is 5. The van der Waals surface area contributed by atoms with Crippen LogP contribution in [0.5, 0.6) is 0 Å². The summed E-state index contributed by atoms with van der Waals surface area (Å²) in [5.41, 5.74) is 3.67. The van der Waals surface area contributed by atoms with Gasteiger partial charge in [-0.3, -0.25) is 10.0 Å². The molecule has 0 unspecified atom stereocenters. The van der Waals surface area contributed by atoms with Crippen LogP contribution in [0.2, 0.25) is 0 Å². The maximum atomic E-state index is 12.8.